The van der Waals surface area contributed by atoms with Crippen LogP contribution >= 0.6 is 0 Å². The van der Waals surface area contributed by atoms with Crippen LogP contribution in [0.4, 0.5) is 13.2 Å². The van der Waals surface area contributed by atoms with Crippen LogP contribution in [0.2, 0.25) is 0 Å². The van der Waals surface area contributed by atoms with Gasteiger partial charge in [0, 0.05) is 19.1 Å². The largest absolute Gasteiger partial charge is 0.416 e. The first-order chi connectivity index (χ1) is 10.6. The van der Waals surface area contributed by atoms with Crippen molar-refractivity contribution in [2.24, 2.45) is 11.7 Å². The summed E-state index contributed by atoms with van der Waals surface area (Å²) < 4.78 is 39.2. The minimum absolute atomic E-state index is 0.0684. The van der Waals surface area contributed by atoms with E-state index < -0.39 is 17.3 Å². The molecule has 1 aromatic carbocycles. The van der Waals surface area contributed by atoms with E-state index >= 15 is 0 Å². The number of hydrogen-bond donors (Lipinski definition) is 1. The number of nitrogens with two attached hydrogens (primary N) is 1. The first-order valence-corrected chi connectivity index (χ1v) is 7.82. The molecule has 0 saturated heterocycles. The maximum Gasteiger partial charge on any atom is 0.416 e. The number of nitrogens with zero attached hydrogens (tertiary/aromatic N) is 1. The number of hydrogen-bond acceptors (Lipinski definition) is 2. The van der Waals surface area contributed by atoms with Crippen LogP contribution < -0.4 is 5.73 Å². The number of carbonyl (C=O) groups is 1. The van der Waals surface area contributed by atoms with Gasteiger partial charge in [-0.3, -0.25) is 4.79 Å². The Balaban J connectivity index is 2.16. The molecule has 1 aromatic rings. The molecule has 0 aliphatic heterocycles. The average Bonchev–Trinajstić information content (AvgIpc) is 2.45. The monoisotopic (exact) mass is 328 g/mol. The van der Waals surface area contributed by atoms with Crippen molar-refractivity contribution >= 4 is 5.91 Å². The summed E-state index contributed by atoms with van der Waals surface area (Å²) in [6.45, 7) is 1.79. The molecule has 1 amide bonds. The lowest BCUT2D eigenvalue weighted by Gasteiger charge is -2.39. The molecule has 0 spiro atoms. The number of alkyl halides is 3. The highest BCUT2D eigenvalue weighted by Crippen LogP contribution is 2.35. The van der Waals surface area contributed by atoms with Crippen molar-refractivity contribution in [3.63, 3.8) is 0 Å². The van der Waals surface area contributed by atoms with Crippen LogP contribution in [0.5, 0.6) is 0 Å². The zero-order valence-electron chi connectivity index (χ0n) is 13.5. The van der Waals surface area contributed by atoms with Crippen LogP contribution in [0.25, 0.3) is 0 Å². The summed E-state index contributed by atoms with van der Waals surface area (Å²) >= 11 is 0. The molecule has 0 radical (unpaired) electrons. The van der Waals surface area contributed by atoms with E-state index in [0.717, 1.165) is 25.3 Å². The molecule has 0 bridgehead atoms. The Kier molecular flexibility index (Phi) is 5.04. The van der Waals surface area contributed by atoms with E-state index in [1.807, 2.05) is 6.92 Å². The lowest BCUT2D eigenvalue weighted by atomic mass is 9.74. The summed E-state index contributed by atoms with van der Waals surface area (Å²) in [5.41, 5.74) is 5.04. The molecule has 3 nitrogen and oxygen atoms in total. The summed E-state index contributed by atoms with van der Waals surface area (Å²) in [5, 5.41) is 0. The van der Waals surface area contributed by atoms with Gasteiger partial charge in [0.05, 0.1) is 11.5 Å². The Morgan fingerprint density at radius 2 is 2.00 bits per heavy atom. The molecule has 0 aromatic heterocycles. The summed E-state index contributed by atoms with van der Waals surface area (Å²) in [5.74, 6) is -0.508. The second-order valence-electron chi connectivity index (χ2n) is 6.65. The maximum absolute atomic E-state index is 13.1. The quantitative estimate of drug-likeness (QED) is 0.922. The fourth-order valence-electron chi connectivity index (χ4n) is 3.30. The smallest absolute Gasteiger partial charge is 0.341 e. The van der Waals surface area contributed by atoms with E-state index in [-0.39, 0.29) is 23.9 Å². The molecule has 0 heterocycles. The van der Waals surface area contributed by atoms with Crippen LogP contribution in [-0.2, 0) is 17.5 Å². The van der Waals surface area contributed by atoms with E-state index in [1.165, 1.54) is 17.0 Å². The minimum atomic E-state index is -4.42. The van der Waals surface area contributed by atoms with Gasteiger partial charge in [-0.25, -0.2) is 0 Å². The van der Waals surface area contributed by atoms with Crippen LogP contribution in [0.1, 0.15) is 43.7 Å². The zero-order valence-corrected chi connectivity index (χ0v) is 13.5. The van der Waals surface area contributed by atoms with Crippen molar-refractivity contribution in [3.8, 4) is 0 Å². The molecule has 1 aliphatic carbocycles. The first-order valence-electron chi connectivity index (χ1n) is 7.82. The third-order valence-corrected chi connectivity index (χ3v) is 4.66. The molecule has 23 heavy (non-hydrogen) atoms. The van der Waals surface area contributed by atoms with Crippen molar-refractivity contribution < 1.29 is 18.0 Å². The summed E-state index contributed by atoms with van der Waals surface area (Å²) in [6, 6.07) is 5.36. The standard InChI is InChI=1S/C17H23F3N2O/c1-16(21)10-6-5-9-14(16)15(23)22(2)11-12-7-3-4-8-13(12)17(18,19)20/h3-4,7-8,14H,5-6,9-11,21H2,1-2H3. The van der Waals surface area contributed by atoms with E-state index in [1.54, 1.807) is 13.1 Å². The predicted octanol–water partition coefficient (Wildman–Crippen LogP) is 3.57. The molecule has 2 atom stereocenters. The molecule has 6 heteroatoms. The number of amides is 1. The van der Waals surface area contributed by atoms with Crippen molar-refractivity contribution in [2.45, 2.75) is 50.9 Å². The van der Waals surface area contributed by atoms with Gasteiger partial charge in [-0.2, -0.15) is 13.2 Å². The Labute approximate surface area is 134 Å². The van der Waals surface area contributed by atoms with Gasteiger partial charge >= 0.3 is 6.18 Å². The Morgan fingerprint density at radius 3 is 2.61 bits per heavy atom. The number of halogens is 3. The Morgan fingerprint density at radius 1 is 1.35 bits per heavy atom. The van der Waals surface area contributed by atoms with Gasteiger partial charge in [0.15, 0.2) is 0 Å². The highest BCUT2D eigenvalue weighted by atomic mass is 19.4. The van der Waals surface area contributed by atoms with Gasteiger partial charge in [-0.15, -0.1) is 0 Å². The third kappa shape index (κ3) is 4.05. The first kappa shape index (κ1) is 17.8. The fourth-order valence-corrected chi connectivity index (χ4v) is 3.30. The van der Waals surface area contributed by atoms with Crippen molar-refractivity contribution in [3.05, 3.63) is 35.4 Å². The topological polar surface area (TPSA) is 46.3 Å². The number of benzene rings is 1. The zero-order chi connectivity index (χ0) is 17.3. The minimum Gasteiger partial charge on any atom is -0.341 e. The molecule has 1 aliphatic rings. The molecule has 1 fully saturated rings. The van der Waals surface area contributed by atoms with Gasteiger partial charge in [0.25, 0.3) is 0 Å². The number of carbonyl (C=O) groups excluding carboxylic acids is 1. The molecule has 1 saturated carbocycles. The van der Waals surface area contributed by atoms with Gasteiger partial charge in [0.2, 0.25) is 5.91 Å². The van der Waals surface area contributed by atoms with Crippen molar-refractivity contribution in [1.29, 1.82) is 0 Å². The normalized spacial score (nSPS) is 25.2. The molecule has 128 valence electrons. The summed E-state index contributed by atoms with van der Waals surface area (Å²) in [7, 11) is 1.54. The van der Waals surface area contributed by atoms with Gasteiger partial charge in [-0.1, -0.05) is 31.0 Å². The molecule has 2 unspecified atom stereocenters. The van der Waals surface area contributed by atoms with Crippen LogP contribution in [0.3, 0.4) is 0 Å². The number of rotatable bonds is 3. The second kappa shape index (κ2) is 6.51. The second-order valence-corrected chi connectivity index (χ2v) is 6.65. The van der Waals surface area contributed by atoms with Gasteiger partial charge < -0.3 is 10.6 Å². The fraction of sp³-hybridized carbons (Fsp3) is 0.588. The van der Waals surface area contributed by atoms with E-state index in [9.17, 15) is 18.0 Å². The highest BCUT2D eigenvalue weighted by molar-refractivity contribution is 5.80. The summed E-state index contributed by atoms with van der Waals surface area (Å²) in [4.78, 5) is 14.0. The van der Waals surface area contributed by atoms with Crippen LogP contribution in [0, 0.1) is 5.92 Å². The lowest BCUT2D eigenvalue weighted by Crippen LogP contribution is -2.53. The van der Waals surface area contributed by atoms with E-state index in [0.29, 0.717) is 6.42 Å². The van der Waals surface area contributed by atoms with Crippen LogP contribution in [-0.4, -0.2) is 23.4 Å². The SMILES string of the molecule is CN(Cc1ccccc1C(F)(F)F)C(=O)C1CCCCC1(C)N. The molecular formula is C17H23F3N2O. The molecular weight excluding hydrogens is 305 g/mol. The highest BCUT2D eigenvalue weighted by Gasteiger charge is 2.39. The molecule has 2 N–H and O–H groups in total. The Hall–Kier alpha value is -1.56. The lowest BCUT2D eigenvalue weighted by molar-refractivity contribution is -0.141. The Bertz CT molecular complexity index is 569. The van der Waals surface area contributed by atoms with E-state index in [4.69, 9.17) is 5.73 Å². The van der Waals surface area contributed by atoms with Gasteiger partial charge in [-0.05, 0) is 31.4 Å². The van der Waals surface area contributed by atoms with Gasteiger partial charge in [0.1, 0.15) is 0 Å². The average molecular weight is 328 g/mol. The predicted molar refractivity (Wildman–Crippen MR) is 82.5 cm³/mol. The van der Waals surface area contributed by atoms with Crippen molar-refractivity contribution in [2.75, 3.05) is 7.05 Å². The van der Waals surface area contributed by atoms with Crippen molar-refractivity contribution in [1.82, 2.24) is 4.90 Å². The van der Waals surface area contributed by atoms with E-state index in [2.05, 4.69) is 0 Å². The summed E-state index contributed by atoms with van der Waals surface area (Å²) in [6.07, 6.45) is -1.06. The molecule has 2 rings (SSSR count). The third-order valence-electron chi connectivity index (χ3n) is 4.66. The maximum atomic E-state index is 13.1. The van der Waals surface area contributed by atoms with Crippen LogP contribution in [0.15, 0.2) is 24.3 Å².